The number of rotatable bonds is 10. The molecule has 1 aromatic heterocycles. The quantitative estimate of drug-likeness (QED) is 0.120. The number of para-hydroxylation sites is 1. The maximum Gasteiger partial charge on any atom is 0.250 e. The van der Waals surface area contributed by atoms with Gasteiger partial charge in [0.1, 0.15) is 0 Å². The van der Waals surface area contributed by atoms with Crippen LogP contribution in [0.3, 0.4) is 0 Å². The van der Waals surface area contributed by atoms with E-state index in [2.05, 4.69) is 20.7 Å². The van der Waals surface area contributed by atoms with Crippen LogP contribution in [0.25, 0.3) is 17.1 Å². The van der Waals surface area contributed by atoms with Crippen LogP contribution in [0, 0.1) is 0 Å². The lowest BCUT2D eigenvalue weighted by atomic mass is 10.1. The number of ether oxygens (including phenoxy) is 3. The van der Waals surface area contributed by atoms with E-state index in [4.69, 9.17) is 14.2 Å². The maximum atomic E-state index is 12.5. The molecule has 0 aliphatic carbocycles. The number of thioether (sulfide) groups is 1. The number of benzene rings is 3. The van der Waals surface area contributed by atoms with Crippen LogP contribution >= 0.6 is 11.8 Å². The van der Waals surface area contributed by atoms with Crippen LogP contribution in [-0.2, 0) is 4.79 Å². The molecule has 0 spiro atoms. The Morgan fingerprint density at radius 2 is 1.68 bits per heavy atom. The van der Waals surface area contributed by atoms with Gasteiger partial charge in [0, 0.05) is 11.3 Å². The molecule has 0 atom stereocenters. The highest BCUT2D eigenvalue weighted by atomic mass is 32.2. The average molecular weight is 536 g/mol. The normalized spacial score (nSPS) is 10.9. The molecule has 3 N–H and O–H groups in total. The average Bonchev–Trinajstić information content (AvgIpc) is 3.37. The number of aromatic hydroxyl groups is 2. The molecule has 0 saturated heterocycles. The lowest BCUT2D eigenvalue weighted by Crippen LogP contribution is -2.20. The van der Waals surface area contributed by atoms with Gasteiger partial charge in [-0.1, -0.05) is 30.0 Å². The molecular weight excluding hydrogens is 510 g/mol. The molecular formula is C26H25N5O6S. The van der Waals surface area contributed by atoms with E-state index in [1.54, 1.807) is 18.2 Å². The fourth-order valence-corrected chi connectivity index (χ4v) is 4.28. The predicted octanol–water partition coefficient (Wildman–Crippen LogP) is 3.61. The van der Waals surface area contributed by atoms with Crippen molar-refractivity contribution in [1.82, 2.24) is 20.2 Å². The number of hydrogen-bond acceptors (Lipinski definition) is 10. The van der Waals surface area contributed by atoms with E-state index in [-0.39, 0.29) is 23.2 Å². The molecule has 0 aliphatic rings. The van der Waals surface area contributed by atoms with E-state index in [9.17, 15) is 15.0 Å². The molecule has 3 aromatic carbocycles. The Morgan fingerprint density at radius 1 is 0.974 bits per heavy atom. The van der Waals surface area contributed by atoms with Gasteiger partial charge in [-0.3, -0.25) is 9.36 Å². The number of aromatic nitrogens is 3. The molecule has 1 heterocycles. The van der Waals surface area contributed by atoms with E-state index >= 15 is 0 Å². The summed E-state index contributed by atoms with van der Waals surface area (Å²) in [6.07, 6.45) is 1.36. The van der Waals surface area contributed by atoms with Crippen molar-refractivity contribution in [2.45, 2.75) is 5.16 Å². The molecule has 11 nitrogen and oxygen atoms in total. The molecule has 0 saturated carbocycles. The first kappa shape index (κ1) is 26.4. The first-order chi connectivity index (χ1) is 18.4. The highest BCUT2D eigenvalue weighted by molar-refractivity contribution is 7.99. The van der Waals surface area contributed by atoms with Crippen molar-refractivity contribution in [2.24, 2.45) is 5.10 Å². The zero-order valence-corrected chi connectivity index (χ0v) is 21.6. The van der Waals surface area contributed by atoms with Gasteiger partial charge in [0.2, 0.25) is 5.75 Å². The van der Waals surface area contributed by atoms with Crippen LogP contribution in [0.4, 0.5) is 0 Å². The van der Waals surface area contributed by atoms with Gasteiger partial charge < -0.3 is 24.4 Å². The third-order valence-electron chi connectivity index (χ3n) is 5.31. The minimum Gasteiger partial charge on any atom is -0.504 e. The van der Waals surface area contributed by atoms with E-state index < -0.39 is 0 Å². The lowest BCUT2D eigenvalue weighted by molar-refractivity contribution is -0.118. The van der Waals surface area contributed by atoms with E-state index in [1.165, 1.54) is 51.4 Å². The maximum absolute atomic E-state index is 12.5. The van der Waals surface area contributed by atoms with Gasteiger partial charge in [-0.05, 0) is 48.0 Å². The zero-order chi connectivity index (χ0) is 27.1. The number of phenols is 2. The van der Waals surface area contributed by atoms with E-state index in [1.807, 2.05) is 34.9 Å². The standard InChI is InChI=1S/C26H25N5O6S/c1-35-21-12-17(13-22(36-2)24(21)37-3)25-29-30-26(31(25)18-7-5-4-6-8-18)38-15-23(34)28-27-14-16-9-10-19(32)20(33)11-16/h4-14,32-33H,15H2,1-3H3,(H,28,34)/b27-14-. The first-order valence-corrected chi connectivity index (χ1v) is 12.2. The summed E-state index contributed by atoms with van der Waals surface area (Å²) in [5.41, 5.74) is 4.42. The number of hydrogen-bond donors (Lipinski definition) is 3. The fourth-order valence-electron chi connectivity index (χ4n) is 3.53. The minimum absolute atomic E-state index is 0.0123. The van der Waals surface area contributed by atoms with Crippen molar-refractivity contribution >= 4 is 23.9 Å². The minimum atomic E-state index is -0.369. The van der Waals surface area contributed by atoms with Crippen molar-refractivity contribution < 1.29 is 29.2 Å². The second-order valence-corrected chi connectivity index (χ2v) is 8.66. The summed E-state index contributed by atoms with van der Waals surface area (Å²) in [6.45, 7) is 0. The van der Waals surface area contributed by atoms with Crippen LogP contribution in [0.1, 0.15) is 5.56 Å². The second-order valence-electron chi connectivity index (χ2n) is 7.72. The Morgan fingerprint density at radius 3 is 2.32 bits per heavy atom. The molecule has 1 amide bonds. The van der Waals surface area contributed by atoms with E-state index in [0.29, 0.717) is 39.4 Å². The van der Waals surface area contributed by atoms with Crippen molar-refractivity contribution in [3.05, 3.63) is 66.2 Å². The van der Waals surface area contributed by atoms with Gasteiger partial charge in [-0.2, -0.15) is 5.10 Å². The van der Waals surface area contributed by atoms with Gasteiger partial charge in [0.15, 0.2) is 34.0 Å². The molecule has 0 unspecified atom stereocenters. The molecule has 4 rings (SSSR count). The van der Waals surface area contributed by atoms with Gasteiger partial charge in [0.05, 0.1) is 33.3 Å². The lowest BCUT2D eigenvalue weighted by Gasteiger charge is -2.15. The number of methoxy groups -OCH3 is 3. The zero-order valence-electron chi connectivity index (χ0n) is 20.8. The summed E-state index contributed by atoms with van der Waals surface area (Å²) in [7, 11) is 4.61. The van der Waals surface area contributed by atoms with Crippen molar-refractivity contribution in [3.8, 4) is 45.8 Å². The van der Waals surface area contributed by atoms with Crippen molar-refractivity contribution in [1.29, 1.82) is 0 Å². The van der Waals surface area contributed by atoms with Crippen LogP contribution in [0.2, 0.25) is 0 Å². The summed E-state index contributed by atoms with van der Waals surface area (Å²) in [6, 6.07) is 17.3. The summed E-state index contributed by atoms with van der Waals surface area (Å²) in [5, 5.41) is 32.1. The number of carbonyl (C=O) groups excluding carboxylic acids is 1. The smallest absolute Gasteiger partial charge is 0.250 e. The molecule has 12 heteroatoms. The second kappa shape index (κ2) is 12.0. The van der Waals surface area contributed by atoms with Crippen LogP contribution in [0.15, 0.2) is 70.9 Å². The summed E-state index contributed by atoms with van der Waals surface area (Å²) in [4.78, 5) is 12.5. The molecule has 0 bridgehead atoms. The molecule has 0 aliphatic heterocycles. The molecule has 196 valence electrons. The summed E-state index contributed by atoms with van der Waals surface area (Å²) >= 11 is 1.19. The third kappa shape index (κ3) is 5.81. The summed E-state index contributed by atoms with van der Waals surface area (Å²) < 4.78 is 18.3. The van der Waals surface area contributed by atoms with Gasteiger partial charge in [0.25, 0.3) is 5.91 Å². The first-order valence-electron chi connectivity index (χ1n) is 11.2. The topological polar surface area (TPSA) is 140 Å². The van der Waals surface area contributed by atoms with Crippen LogP contribution < -0.4 is 19.6 Å². The number of nitrogens with zero attached hydrogens (tertiary/aromatic N) is 4. The number of carbonyl (C=O) groups is 1. The Hall–Kier alpha value is -4.71. The van der Waals surface area contributed by atoms with Gasteiger partial charge in [-0.15, -0.1) is 10.2 Å². The monoisotopic (exact) mass is 535 g/mol. The highest BCUT2D eigenvalue weighted by Gasteiger charge is 2.21. The van der Waals surface area contributed by atoms with Gasteiger partial charge in [-0.25, -0.2) is 5.43 Å². The Kier molecular flexibility index (Phi) is 8.34. The summed E-state index contributed by atoms with van der Waals surface area (Å²) in [5.74, 6) is 1.04. The van der Waals surface area contributed by atoms with Gasteiger partial charge >= 0.3 is 0 Å². The Labute approximate surface area is 222 Å². The predicted molar refractivity (Wildman–Crippen MR) is 143 cm³/mol. The molecule has 0 radical (unpaired) electrons. The van der Waals surface area contributed by atoms with E-state index in [0.717, 1.165) is 5.69 Å². The Bertz CT molecular complexity index is 1430. The molecule has 0 fully saturated rings. The largest absolute Gasteiger partial charge is 0.504 e. The number of amides is 1. The van der Waals surface area contributed by atoms with Crippen molar-refractivity contribution in [3.63, 3.8) is 0 Å². The number of nitrogens with one attached hydrogen (secondary N) is 1. The van der Waals surface area contributed by atoms with Crippen LogP contribution in [-0.4, -0.2) is 64.2 Å². The third-order valence-corrected chi connectivity index (χ3v) is 6.23. The highest BCUT2D eigenvalue weighted by Crippen LogP contribution is 2.41. The van der Waals surface area contributed by atoms with Crippen LogP contribution in [0.5, 0.6) is 28.7 Å². The number of phenolic OH excluding ortho intramolecular Hbond substituents is 2. The van der Waals surface area contributed by atoms with Crippen molar-refractivity contribution in [2.75, 3.05) is 27.1 Å². The molecule has 38 heavy (non-hydrogen) atoms. The Balaban J connectivity index is 1.58. The number of hydrazone groups is 1. The fraction of sp³-hybridized carbons (Fsp3) is 0.154. The molecule has 4 aromatic rings. The SMILES string of the molecule is COc1cc(-c2nnc(SCC(=O)N/N=C\c3ccc(O)c(O)c3)n2-c2ccccc2)cc(OC)c1OC.